The van der Waals surface area contributed by atoms with E-state index in [1.54, 1.807) is 30.6 Å². The molecule has 0 bridgehead atoms. The van der Waals surface area contributed by atoms with Crippen molar-refractivity contribution in [2.24, 2.45) is 5.10 Å². The van der Waals surface area contributed by atoms with Gasteiger partial charge in [-0.25, -0.2) is 9.82 Å². The number of hydrogen-bond donors (Lipinski definition) is 1. The van der Waals surface area contributed by atoms with Gasteiger partial charge in [-0.05, 0) is 30.2 Å². The molecule has 0 atom stereocenters. The van der Waals surface area contributed by atoms with Gasteiger partial charge in [0.25, 0.3) is 0 Å². The molecule has 0 saturated heterocycles. The highest BCUT2D eigenvalue weighted by Gasteiger charge is 2.11. The van der Waals surface area contributed by atoms with Gasteiger partial charge in [0.15, 0.2) is 0 Å². The van der Waals surface area contributed by atoms with Gasteiger partial charge in [0.2, 0.25) is 6.41 Å². The molecule has 1 amide bonds. The fraction of sp³-hybridized carbons (Fsp3) is 0.188. The van der Waals surface area contributed by atoms with E-state index in [-0.39, 0.29) is 12.4 Å². The summed E-state index contributed by atoms with van der Waals surface area (Å²) in [5.74, 6) is -0.373. The first kappa shape index (κ1) is 15.8. The van der Waals surface area contributed by atoms with Crippen molar-refractivity contribution < 1.29 is 13.9 Å². The Bertz CT molecular complexity index is 702. The average Bonchev–Trinajstić information content (AvgIpc) is 2.52. The number of hydrazone groups is 1. The Hall–Kier alpha value is -2.60. The molecule has 22 heavy (non-hydrogen) atoms. The standard InChI is InChI=1S/C16H16FN3O2/c1-11-8-18-6-5-13(11)14-4-3-12(7-15(14)17)16(9-22-2)20-19-10-21/h3-8,10H,9H2,1-2H3,(H,19,21)/b20-16+. The summed E-state index contributed by atoms with van der Waals surface area (Å²) in [6, 6.07) is 6.56. The molecule has 6 heteroatoms. The van der Waals surface area contributed by atoms with E-state index in [1.165, 1.54) is 13.2 Å². The summed E-state index contributed by atoms with van der Waals surface area (Å²) in [6.07, 6.45) is 3.76. The zero-order valence-electron chi connectivity index (χ0n) is 12.3. The monoisotopic (exact) mass is 301 g/mol. The van der Waals surface area contributed by atoms with Crippen LogP contribution in [-0.2, 0) is 9.53 Å². The van der Waals surface area contributed by atoms with Crippen LogP contribution in [0, 0.1) is 12.7 Å². The van der Waals surface area contributed by atoms with Crippen LogP contribution >= 0.6 is 0 Å². The summed E-state index contributed by atoms with van der Waals surface area (Å²) in [5.41, 5.74) is 5.35. The molecule has 0 radical (unpaired) electrons. The number of methoxy groups -OCH3 is 1. The highest BCUT2D eigenvalue weighted by molar-refractivity contribution is 6.02. The van der Waals surface area contributed by atoms with Crippen molar-refractivity contribution >= 4 is 12.1 Å². The lowest BCUT2D eigenvalue weighted by Gasteiger charge is -2.10. The van der Waals surface area contributed by atoms with Crippen LogP contribution in [0.4, 0.5) is 4.39 Å². The lowest BCUT2D eigenvalue weighted by atomic mass is 9.99. The number of carbonyl (C=O) groups excluding carboxylic acids is 1. The maximum atomic E-state index is 14.4. The molecule has 114 valence electrons. The van der Waals surface area contributed by atoms with Crippen LogP contribution < -0.4 is 5.43 Å². The van der Waals surface area contributed by atoms with E-state index < -0.39 is 0 Å². The molecule has 1 N–H and O–H groups in total. The normalized spacial score (nSPS) is 11.3. The van der Waals surface area contributed by atoms with Gasteiger partial charge in [0.05, 0.1) is 12.3 Å². The number of aromatic nitrogens is 1. The first-order chi connectivity index (χ1) is 10.7. The van der Waals surface area contributed by atoms with Crippen LogP contribution in [0.3, 0.4) is 0 Å². The predicted octanol–water partition coefficient (Wildman–Crippen LogP) is 2.29. The molecule has 1 aromatic carbocycles. The molecule has 0 aliphatic carbocycles. The van der Waals surface area contributed by atoms with Crippen LogP contribution in [0.1, 0.15) is 11.1 Å². The highest BCUT2D eigenvalue weighted by Crippen LogP contribution is 2.26. The molecule has 0 saturated carbocycles. The molecular weight excluding hydrogens is 285 g/mol. The lowest BCUT2D eigenvalue weighted by Crippen LogP contribution is -2.15. The smallest absolute Gasteiger partial charge is 0.227 e. The van der Waals surface area contributed by atoms with Gasteiger partial charge < -0.3 is 4.74 Å². The summed E-state index contributed by atoms with van der Waals surface area (Å²) in [6.45, 7) is 2.04. The van der Waals surface area contributed by atoms with Crippen molar-refractivity contribution in [3.8, 4) is 11.1 Å². The van der Waals surface area contributed by atoms with Crippen LogP contribution in [0.2, 0.25) is 0 Å². The Balaban J connectivity index is 2.41. The van der Waals surface area contributed by atoms with Crippen molar-refractivity contribution in [1.29, 1.82) is 0 Å². The number of aryl methyl sites for hydroxylation is 1. The molecular formula is C16H16FN3O2. The summed E-state index contributed by atoms with van der Waals surface area (Å²) in [5, 5.41) is 3.86. The molecule has 0 aliphatic rings. The number of nitrogens with zero attached hydrogens (tertiary/aromatic N) is 2. The third-order valence-corrected chi connectivity index (χ3v) is 3.15. The van der Waals surface area contributed by atoms with E-state index in [4.69, 9.17) is 4.74 Å². The van der Waals surface area contributed by atoms with Crippen molar-refractivity contribution in [3.05, 3.63) is 53.6 Å². The third kappa shape index (κ3) is 3.53. The lowest BCUT2D eigenvalue weighted by molar-refractivity contribution is -0.109. The number of carbonyl (C=O) groups is 1. The third-order valence-electron chi connectivity index (χ3n) is 3.15. The van der Waals surface area contributed by atoms with Gasteiger partial charge in [-0.3, -0.25) is 9.78 Å². The van der Waals surface area contributed by atoms with Gasteiger partial charge in [-0.2, -0.15) is 5.10 Å². The van der Waals surface area contributed by atoms with Crippen molar-refractivity contribution in [2.75, 3.05) is 13.7 Å². The maximum Gasteiger partial charge on any atom is 0.227 e. The minimum Gasteiger partial charge on any atom is -0.378 e. The molecule has 0 fully saturated rings. The first-order valence-electron chi connectivity index (χ1n) is 6.63. The van der Waals surface area contributed by atoms with E-state index in [1.807, 2.05) is 6.92 Å². The van der Waals surface area contributed by atoms with Crippen LogP contribution in [0.25, 0.3) is 11.1 Å². The number of rotatable bonds is 6. The van der Waals surface area contributed by atoms with Crippen molar-refractivity contribution in [3.63, 3.8) is 0 Å². The summed E-state index contributed by atoms with van der Waals surface area (Å²) < 4.78 is 19.4. The zero-order valence-corrected chi connectivity index (χ0v) is 12.3. The van der Waals surface area contributed by atoms with Gasteiger partial charge in [-0.15, -0.1) is 0 Å². The van der Waals surface area contributed by atoms with E-state index in [0.717, 1.165) is 11.1 Å². The van der Waals surface area contributed by atoms with Gasteiger partial charge in [-0.1, -0.05) is 12.1 Å². The second kappa shape index (κ2) is 7.42. The second-order valence-corrected chi connectivity index (χ2v) is 4.62. The Kier molecular flexibility index (Phi) is 5.32. The maximum absolute atomic E-state index is 14.4. The van der Waals surface area contributed by atoms with E-state index in [9.17, 15) is 9.18 Å². The number of ether oxygens (including phenoxy) is 1. The first-order valence-corrected chi connectivity index (χ1v) is 6.63. The Labute approximate surface area is 127 Å². The van der Waals surface area contributed by atoms with Crippen LogP contribution in [0.15, 0.2) is 41.8 Å². The SMILES string of the molecule is COC/C(=N\NC=O)c1ccc(-c2ccncc2C)c(F)c1. The number of pyridine rings is 1. The zero-order chi connectivity index (χ0) is 15.9. The summed E-state index contributed by atoms with van der Waals surface area (Å²) in [7, 11) is 1.50. The average molecular weight is 301 g/mol. The fourth-order valence-corrected chi connectivity index (χ4v) is 2.11. The minimum absolute atomic E-state index is 0.161. The number of hydrogen-bond acceptors (Lipinski definition) is 4. The molecule has 0 spiro atoms. The van der Waals surface area contributed by atoms with Gasteiger partial charge in [0, 0.05) is 30.6 Å². The van der Waals surface area contributed by atoms with E-state index >= 15 is 0 Å². The van der Waals surface area contributed by atoms with Gasteiger partial charge in [0.1, 0.15) is 5.82 Å². The minimum atomic E-state index is -0.373. The fourth-order valence-electron chi connectivity index (χ4n) is 2.11. The Morgan fingerprint density at radius 1 is 1.41 bits per heavy atom. The molecule has 1 heterocycles. The quantitative estimate of drug-likeness (QED) is 0.506. The summed E-state index contributed by atoms with van der Waals surface area (Å²) >= 11 is 0. The number of nitrogens with one attached hydrogen (secondary N) is 1. The summed E-state index contributed by atoms with van der Waals surface area (Å²) in [4.78, 5) is 14.4. The molecule has 2 aromatic rings. The van der Waals surface area contributed by atoms with Crippen molar-refractivity contribution in [2.45, 2.75) is 6.92 Å². The Morgan fingerprint density at radius 2 is 2.23 bits per heavy atom. The largest absolute Gasteiger partial charge is 0.378 e. The molecule has 1 aromatic heterocycles. The van der Waals surface area contributed by atoms with E-state index in [2.05, 4.69) is 15.5 Å². The number of halogens is 1. The molecule has 2 rings (SSSR count). The Morgan fingerprint density at radius 3 is 2.86 bits per heavy atom. The van der Waals surface area contributed by atoms with Crippen molar-refractivity contribution in [1.82, 2.24) is 10.4 Å². The van der Waals surface area contributed by atoms with Crippen LogP contribution in [-0.4, -0.2) is 30.8 Å². The molecule has 0 aliphatic heterocycles. The van der Waals surface area contributed by atoms with Gasteiger partial charge >= 0.3 is 0 Å². The number of benzene rings is 1. The second-order valence-electron chi connectivity index (χ2n) is 4.62. The highest BCUT2D eigenvalue weighted by atomic mass is 19.1. The number of amides is 1. The predicted molar refractivity (Wildman–Crippen MR) is 82.0 cm³/mol. The molecule has 0 unspecified atom stereocenters. The molecule has 5 nitrogen and oxygen atoms in total. The van der Waals surface area contributed by atoms with E-state index in [0.29, 0.717) is 23.2 Å². The van der Waals surface area contributed by atoms with Crippen LogP contribution in [0.5, 0.6) is 0 Å². The topological polar surface area (TPSA) is 63.6 Å².